The van der Waals surface area contributed by atoms with Gasteiger partial charge in [-0.15, -0.1) is 0 Å². The molecule has 0 N–H and O–H groups in total. The number of nitrogens with zero attached hydrogens (tertiary/aromatic N) is 3. The predicted octanol–water partition coefficient (Wildman–Crippen LogP) is 3.87. The number of rotatable bonds is 3. The van der Waals surface area contributed by atoms with Gasteiger partial charge >= 0.3 is 0 Å². The Kier molecular flexibility index (Phi) is 5.55. The number of carbonyl (C=O) groups excluding carboxylic acids is 2. The molecule has 28 heavy (non-hydrogen) atoms. The lowest BCUT2D eigenvalue weighted by molar-refractivity contribution is -0.131. The Morgan fingerprint density at radius 2 is 1.89 bits per heavy atom. The van der Waals surface area contributed by atoms with Crippen LogP contribution in [0, 0.1) is 0 Å². The summed E-state index contributed by atoms with van der Waals surface area (Å²) in [6.07, 6.45) is 8.44. The standard InChI is InChI=1S/C21H23N3O2S2/c1-22-20(26)18(28-21(22)27)12-15-13-24(17-9-5-4-8-16(15)17)14-19(25)23-10-6-2-3-7-11-23/h4-5,8-9,12-13H,2-3,6-7,10-11,14H2,1H3/b18-12-. The first-order chi connectivity index (χ1) is 13.5. The van der Waals surface area contributed by atoms with Crippen LogP contribution in [0.15, 0.2) is 35.4 Å². The average molecular weight is 414 g/mol. The van der Waals surface area contributed by atoms with Gasteiger partial charge in [0, 0.05) is 42.8 Å². The molecule has 0 unspecified atom stereocenters. The van der Waals surface area contributed by atoms with E-state index in [4.69, 9.17) is 12.2 Å². The van der Waals surface area contributed by atoms with Crippen LogP contribution in [0.2, 0.25) is 0 Å². The van der Waals surface area contributed by atoms with E-state index in [1.807, 2.05) is 46.0 Å². The topological polar surface area (TPSA) is 45.6 Å². The average Bonchev–Trinajstić information content (AvgIpc) is 3.01. The van der Waals surface area contributed by atoms with Crippen LogP contribution in [0.1, 0.15) is 31.2 Å². The van der Waals surface area contributed by atoms with E-state index in [9.17, 15) is 9.59 Å². The normalized spacial score (nSPS) is 19.7. The summed E-state index contributed by atoms with van der Waals surface area (Å²) in [6, 6.07) is 8.00. The lowest BCUT2D eigenvalue weighted by Gasteiger charge is -2.20. The molecule has 2 aliphatic heterocycles. The highest BCUT2D eigenvalue weighted by molar-refractivity contribution is 8.26. The van der Waals surface area contributed by atoms with Gasteiger partial charge in [-0.3, -0.25) is 14.5 Å². The number of aromatic nitrogens is 1. The van der Waals surface area contributed by atoms with Crippen molar-refractivity contribution in [2.75, 3.05) is 20.1 Å². The molecular weight excluding hydrogens is 390 g/mol. The van der Waals surface area contributed by atoms with Crippen molar-refractivity contribution in [1.29, 1.82) is 0 Å². The van der Waals surface area contributed by atoms with Crippen LogP contribution < -0.4 is 0 Å². The fourth-order valence-electron chi connectivity index (χ4n) is 3.77. The monoisotopic (exact) mass is 413 g/mol. The van der Waals surface area contributed by atoms with Gasteiger partial charge in [0.25, 0.3) is 5.91 Å². The van der Waals surface area contributed by atoms with E-state index in [1.165, 1.54) is 29.5 Å². The summed E-state index contributed by atoms with van der Waals surface area (Å²) in [5, 5.41) is 1.03. The summed E-state index contributed by atoms with van der Waals surface area (Å²) >= 11 is 6.54. The predicted molar refractivity (Wildman–Crippen MR) is 118 cm³/mol. The van der Waals surface area contributed by atoms with Crippen LogP contribution in [0.25, 0.3) is 17.0 Å². The van der Waals surface area contributed by atoms with Gasteiger partial charge in [-0.2, -0.15) is 0 Å². The number of fused-ring (bicyclic) bond motifs is 1. The minimum atomic E-state index is -0.0764. The number of thiocarbonyl (C=S) groups is 1. The summed E-state index contributed by atoms with van der Waals surface area (Å²) in [5.41, 5.74) is 1.94. The fourth-order valence-corrected chi connectivity index (χ4v) is 4.94. The van der Waals surface area contributed by atoms with Crippen molar-refractivity contribution in [2.24, 2.45) is 0 Å². The molecule has 7 heteroatoms. The van der Waals surface area contributed by atoms with Gasteiger partial charge < -0.3 is 9.47 Å². The molecule has 146 valence electrons. The van der Waals surface area contributed by atoms with Crippen LogP contribution in [0.5, 0.6) is 0 Å². The first-order valence-corrected chi connectivity index (χ1v) is 10.8. The Hall–Kier alpha value is -2.12. The number of amides is 2. The molecule has 0 saturated carbocycles. The van der Waals surface area contributed by atoms with Gasteiger partial charge in [0.1, 0.15) is 10.9 Å². The molecule has 5 nitrogen and oxygen atoms in total. The van der Waals surface area contributed by atoms with Crippen molar-refractivity contribution in [2.45, 2.75) is 32.2 Å². The first kappa shape index (κ1) is 19.2. The van der Waals surface area contributed by atoms with E-state index in [0.717, 1.165) is 42.4 Å². The van der Waals surface area contributed by atoms with E-state index >= 15 is 0 Å². The molecule has 3 heterocycles. The molecule has 2 aliphatic rings. The summed E-state index contributed by atoms with van der Waals surface area (Å²) in [5.74, 6) is 0.0848. The van der Waals surface area contributed by atoms with Crippen molar-refractivity contribution in [1.82, 2.24) is 14.4 Å². The lowest BCUT2D eigenvalue weighted by atomic mass is 10.1. The number of thioether (sulfide) groups is 1. The Labute approximate surface area is 174 Å². The van der Waals surface area contributed by atoms with Crippen LogP contribution in [0.3, 0.4) is 0 Å². The molecule has 0 aliphatic carbocycles. The Bertz CT molecular complexity index is 971. The maximum Gasteiger partial charge on any atom is 0.265 e. The van der Waals surface area contributed by atoms with Gasteiger partial charge in [-0.05, 0) is 25.0 Å². The largest absolute Gasteiger partial charge is 0.341 e. The van der Waals surface area contributed by atoms with Crippen molar-refractivity contribution < 1.29 is 9.59 Å². The molecule has 0 bridgehead atoms. The smallest absolute Gasteiger partial charge is 0.265 e. The SMILES string of the molecule is CN1C(=O)/C(=C/c2cn(CC(=O)N3CCCCCC3)c3ccccc23)SC1=S. The Morgan fingerprint density at radius 1 is 1.18 bits per heavy atom. The minimum Gasteiger partial charge on any atom is -0.341 e. The van der Waals surface area contributed by atoms with Crippen molar-refractivity contribution in [3.63, 3.8) is 0 Å². The zero-order valence-electron chi connectivity index (χ0n) is 15.9. The molecule has 2 amide bonds. The van der Waals surface area contributed by atoms with E-state index < -0.39 is 0 Å². The van der Waals surface area contributed by atoms with Gasteiger partial charge in [-0.25, -0.2) is 0 Å². The Morgan fingerprint density at radius 3 is 2.57 bits per heavy atom. The number of benzene rings is 1. The maximum atomic E-state index is 12.9. The second-order valence-electron chi connectivity index (χ2n) is 7.27. The third-order valence-electron chi connectivity index (χ3n) is 5.36. The van der Waals surface area contributed by atoms with Crippen LogP contribution in [-0.2, 0) is 16.1 Å². The van der Waals surface area contributed by atoms with E-state index in [-0.39, 0.29) is 11.8 Å². The van der Waals surface area contributed by atoms with E-state index in [1.54, 1.807) is 7.05 Å². The Balaban J connectivity index is 1.64. The van der Waals surface area contributed by atoms with Gasteiger partial charge in [0.2, 0.25) is 5.91 Å². The number of hydrogen-bond acceptors (Lipinski definition) is 4. The van der Waals surface area contributed by atoms with E-state index in [0.29, 0.717) is 15.8 Å². The number of para-hydroxylation sites is 1. The van der Waals surface area contributed by atoms with Gasteiger partial charge in [0.15, 0.2) is 0 Å². The second kappa shape index (κ2) is 8.09. The van der Waals surface area contributed by atoms with Gasteiger partial charge in [0.05, 0.1) is 4.91 Å². The van der Waals surface area contributed by atoms with Crippen LogP contribution in [0.4, 0.5) is 0 Å². The molecule has 1 aromatic carbocycles. The molecule has 0 radical (unpaired) electrons. The van der Waals surface area contributed by atoms with Gasteiger partial charge in [-0.1, -0.05) is 55.0 Å². The summed E-state index contributed by atoms with van der Waals surface area (Å²) < 4.78 is 2.57. The summed E-state index contributed by atoms with van der Waals surface area (Å²) in [7, 11) is 1.70. The van der Waals surface area contributed by atoms with Crippen molar-refractivity contribution in [3.8, 4) is 0 Å². The highest BCUT2D eigenvalue weighted by Gasteiger charge is 2.29. The number of likely N-dealkylation sites (N-methyl/N-ethyl adjacent to an activating group) is 1. The first-order valence-electron chi connectivity index (χ1n) is 9.62. The third kappa shape index (κ3) is 3.73. The van der Waals surface area contributed by atoms with Crippen LogP contribution in [-0.4, -0.2) is 50.6 Å². The van der Waals surface area contributed by atoms with E-state index in [2.05, 4.69) is 0 Å². The molecule has 1 aromatic heterocycles. The number of hydrogen-bond donors (Lipinski definition) is 0. The molecule has 0 spiro atoms. The molecule has 2 fully saturated rings. The molecule has 2 saturated heterocycles. The molecule has 0 atom stereocenters. The lowest BCUT2D eigenvalue weighted by Crippen LogP contribution is -2.34. The molecule has 4 rings (SSSR count). The van der Waals surface area contributed by atoms with Crippen LogP contribution >= 0.6 is 24.0 Å². The summed E-state index contributed by atoms with van der Waals surface area (Å²) in [4.78, 5) is 29.3. The number of carbonyl (C=O) groups is 2. The van der Waals surface area contributed by atoms with Crippen molar-refractivity contribution in [3.05, 3.63) is 40.9 Å². The minimum absolute atomic E-state index is 0.0764. The molecule has 2 aromatic rings. The highest BCUT2D eigenvalue weighted by atomic mass is 32.2. The quantitative estimate of drug-likeness (QED) is 0.566. The maximum absolute atomic E-state index is 12.9. The van der Waals surface area contributed by atoms with Crippen molar-refractivity contribution >= 4 is 57.1 Å². The fraction of sp³-hybridized carbons (Fsp3) is 0.381. The second-order valence-corrected chi connectivity index (χ2v) is 8.94. The number of likely N-dealkylation sites (tertiary alicyclic amines) is 1. The summed E-state index contributed by atoms with van der Waals surface area (Å²) in [6.45, 7) is 2.02. The zero-order valence-corrected chi connectivity index (χ0v) is 17.5. The zero-order chi connectivity index (χ0) is 19.7. The molecular formula is C21H23N3O2S2. The third-order valence-corrected chi connectivity index (χ3v) is 6.84. The highest BCUT2D eigenvalue weighted by Crippen LogP contribution is 2.33.